The molecule has 0 bridgehead atoms. The molecular formula is C22H21N3O5S. The summed E-state index contributed by atoms with van der Waals surface area (Å²) < 4.78 is 10.7. The molecule has 0 fully saturated rings. The molecule has 0 radical (unpaired) electrons. The molecule has 0 aliphatic rings. The van der Waals surface area contributed by atoms with Crippen molar-refractivity contribution in [3.63, 3.8) is 0 Å². The lowest BCUT2D eigenvalue weighted by Gasteiger charge is -2.20. The van der Waals surface area contributed by atoms with Gasteiger partial charge >= 0.3 is 5.97 Å². The average molecular weight is 439 g/mol. The summed E-state index contributed by atoms with van der Waals surface area (Å²) in [5, 5.41) is 4.81. The van der Waals surface area contributed by atoms with Gasteiger partial charge in [0.2, 0.25) is 11.8 Å². The summed E-state index contributed by atoms with van der Waals surface area (Å²) in [6.07, 6.45) is 0. The van der Waals surface area contributed by atoms with Crippen LogP contribution in [0.2, 0.25) is 0 Å². The number of para-hydroxylation sites is 2. The van der Waals surface area contributed by atoms with Crippen molar-refractivity contribution in [3.05, 3.63) is 65.2 Å². The Kier molecular flexibility index (Phi) is 6.99. The molecule has 160 valence electrons. The molecule has 3 rings (SSSR count). The number of carbonyl (C=O) groups is 3. The van der Waals surface area contributed by atoms with Crippen molar-refractivity contribution in [2.24, 2.45) is 0 Å². The Bertz CT molecular complexity index is 1090. The van der Waals surface area contributed by atoms with Gasteiger partial charge in [-0.2, -0.15) is 0 Å². The fourth-order valence-corrected chi connectivity index (χ4v) is 3.67. The monoisotopic (exact) mass is 439 g/mol. The van der Waals surface area contributed by atoms with Crippen LogP contribution in [-0.2, 0) is 20.9 Å². The van der Waals surface area contributed by atoms with E-state index in [0.717, 1.165) is 0 Å². The van der Waals surface area contributed by atoms with Crippen LogP contribution >= 0.6 is 11.3 Å². The average Bonchev–Trinajstić information content (AvgIpc) is 3.20. The van der Waals surface area contributed by atoms with Gasteiger partial charge in [-0.3, -0.25) is 14.5 Å². The molecule has 1 heterocycles. The van der Waals surface area contributed by atoms with Crippen LogP contribution in [0.25, 0.3) is 0 Å². The van der Waals surface area contributed by atoms with Crippen molar-refractivity contribution in [1.29, 1.82) is 0 Å². The van der Waals surface area contributed by atoms with Gasteiger partial charge in [-0.05, 0) is 36.4 Å². The van der Waals surface area contributed by atoms with E-state index in [9.17, 15) is 14.4 Å². The molecule has 0 saturated heterocycles. The molecule has 31 heavy (non-hydrogen) atoms. The molecule has 0 unspecified atom stereocenters. The van der Waals surface area contributed by atoms with E-state index in [0.29, 0.717) is 33.5 Å². The number of thiazole rings is 1. The highest BCUT2D eigenvalue weighted by Gasteiger charge is 2.21. The molecule has 0 aliphatic heterocycles. The van der Waals surface area contributed by atoms with Crippen LogP contribution < -0.4 is 15.0 Å². The minimum atomic E-state index is -0.517. The maximum atomic E-state index is 12.3. The van der Waals surface area contributed by atoms with E-state index < -0.39 is 5.97 Å². The Morgan fingerprint density at radius 3 is 2.42 bits per heavy atom. The van der Waals surface area contributed by atoms with Crippen molar-refractivity contribution in [3.8, 4) is 5.75 Å². The van der Waals surface area contributed by atoms with Crippen molar-refractivity contribution < 1.29 is 23.9 Å². The summed E-state index contributed by atoms with van der Waals surface area (Å²) in [7, 11) is 1.53. The Hall–Kier alpha value is -3.72. The first-order chi connectivity index (χ1) is 14.9. The van der Waals surface area contributed by atoms with E-state index in [-0.39, 0.29) is 18.4 Å². The number of hydrogen-bond donors (Lipinski definition) is 1. The summed E-state index contributed by atoms with van der Waals surface area (Å²) in [6, 6.07) is 13.5. The number of esters is 1. The molecule has 2 amide bonds. The van der Waals surface area contributed by atoms with Crippen molar-refractivity contribution in [2.75, 3.05) is 17.3 Å². The highest BCUT2D eigenvalue weighted by Crippen LogP contribution is 2.35. The number of rotatable bonds is 7. The first-order valence-electron chi connectivity index (χ1n) is 9.32. The van der Waals surface area contributed by atoms with Crippen LogP contribution in [0.4, 0.5) is 16.5 Å². The summed E-state index contributed by atoms with van der Waals surface area (Å²) >= 11 is 1.26. The van der Waals surface area contributed by atoms with Crippen molar-refractivity contribution in [1.82, 2.24) is 4.98 Å². The van der Waals surface area contributed by atoms with Gasteiger partial charge in [0.05, 0.1) is 24.1 Å². The maximum Gasteiger partial charge on any atom is 0.338 e. The number of nitrogens with zero attached hydrogens (tertiary/aromatic N) is 2. The summed E-state index contributed by atoms with van der Waals surface area (Å²) in [5.74, 6) is -0.385. The normalized spacial score (nSPS) is 10.3. The van der Waals surface area contributed by atoms with Crippen LogP contribution in [0.5, 0.6) is 5.75 Å². The number of aromatic nitrogens is 1. The van der Waals surface area contributed by atoms with E-state index in [1.54, 1.807) is 47.8 Å². The van der Waals surface area contributed by atoms with E-state index in [1.165, 1.54) is 37.2 Å². The van der Waals surface area contributed by atoms with E-state index in [1.807, 2.05) is 6.07 Å². The molecule has 0 atom stereocenters. The van der Waals surface area contributed by atoms with Gasteiger partial charge in [0.25, 0.3) is 0 Å². The van der Waals surface area contributed by atoms with Crippen LogP contribution in [0, 0.1) is 0 Å². The predicted molar refractivity (Wildman–Crippen MR) is 118 cm³/mol. The fourth-order valence-electron chi connectivity index (χ4n) is 2.80. The van der Waals surface area contributed by atoms with Gasteiger partial charge in [-0.1, -0.05) is 12.1 Å². The maximum absolute atomic E-state index is 12.3. The third kappa shape index (κ3) is 5.46. The Labute approximate surface area is 183 Å². The lowest BCUT2D eigenvalue weighted by molar-refractivity contribution is -0.116. The summed E-state index contributed by atoms with van der Waals surface area (Å²) in [4.78, 5) is 41.5. The van der Waals surface area contributed by atoms with Gasteiger partial charge in [-0.15, -0.1) is 11.3 Å². The third-order valence-corrected chi connectivity index (χ3v) is 5.04. The molecule has 3 aromatic rings. The second-order valence-corrected chi connectivity index (χ2v) is 7.32. The van der Waals surface area contributed by atoms with Gasteiger partial charge in [0.15, 0.2) is 5.13 Å². The highest BCUT2D eigenvalue weighted by molar-refractivity contribution is 7.14. The number of hydrogen-bond acceptors (Lipinski definition) is 7. The lowest BCUT2D eigenvalue weighted by Crippen LogP contribution is -2.23. The lowest BCUT2D eigenvalue weighted by atomic mass is 10.2. The van der Waals surface area contributed by atoms with E-state index in [2.05, 4.69) is 10.3 Å². The second kappa shape index (κ2) is 9.86. The third-order valence-electron chi connectivity index (χ3n) is 4.16. The number of ether oxygens (including phenoxy) is 2. The zero-order valence-corrected chi connectivity index (χ0v) is 18.1. The molecule has 1 N–H and O–H groups in total. The zero-order valence-electron chi connectivity index (χ0n) is 17.2. The Morgan fingerprint density at radius 1 is 1.06 bits per heavy atom. The highest BCUT2D eigenvalue weighted by atomic mass is 32.1. The number of anilines is 3. The van der Waals surface area contributed by atoms with Crippen molar-refractivity contribution in [2.45, 2.75) is 20.5 Å². The number of methoxy groups -OCH3 is 1. The van der Waals surface area contributed by atoms with Gasteiger partial charge in [-0.25, -0.2) is 9.78 Å². The zero-order chi connectivity index (χ0) is 22.4. The van der Waals surface area contributed by atoms with Crippen LogP contribution in [-0.4, -0.2) is 29.9 Å². The number of benzene rings is 2. The first-order valence-corrected chi connectivity index (χ1v) is 10.2. The molecule has 1 aromatic heterocycles. The van der Waals surface area contributed by atoms with E-state index in [4.69, 9.17) is 9.47 Å². The molecule has 9 heteroatoms. The number of amides is 2. The molecule has 2 aromatic carbocycles. The predicted octanol–water partition coefficient (Wildman–Crippen LogP) is 4.15. The Morgan fingerprint density at radius 2 is 1.77 bits per heavy atom. The van der Waals surface area contributed by atoms with Crippen LogP contribution in [0.1, 0.15) is 29.9 Å². The largest absolute Gasteiger partial charge is 0.495 e. The van der Waals surface area contributed by atoms with Gasteiger partial charge in [0, 0.05) is 24.9 Å². The molecule has 0 aliphatic carbocycles. The topological polar surface area (TPSA) is 97.8 Å². The molecule has 0 saturated carbocycles. The Balaban J connectivity index is 1.69. The standard InChI is InChI=1S/C22H21N3O5S/c1-14(26)23-17-10-8-16(9-11-17)21(28)30-12-18-13-31-22(24-18)25(15(2)27)19-6-4-5-7-20(19)29-3/h4-11,13H,12H2,1-3H3,(H,23,26). The minimum Gasteiger partial charge on any atom is -0.495 e. The SMILES string of the molecule is COc1ccccc1N(C(C)=O)c1nc(COC(=O)c2ccc(NC(C)=O)cc2)cs1. The van der Waals surface area contributed by atoms with Crippen LogP contribution in [0.3, 0.4) is 0 Å². The molecule has 8 nitrogen and oxygen atoms in total. The minimum absolute atomic E-state index is 0.0412. The molecular weight excluding hydrogens is 418 g/mol. The smallest absolute Gasteiger partial charge is 0.338 e. The summed E-state index contributed by atoms with van der Waals surface area (Å²) in [5.41, 5.74) is 2.04. The van der Waals surface area contributed by atoms with Gasteiger partial charge in [0.1, 0.15) is 12.4 Å². The fraction of sp³-hybridized carbons (Fsp3) is 0.182. The number of nitrogens with one attached hydrogen (secondary N) is 1. The van der Waals surface area contributed by atoms with Gasteiger partial charge < -0.3 is 14.8 Å². The summed E-state index contributed by atoms with van der Waals surface area (Å²) in [6.45, 7) is 2.81. The quantitative estimate of drug-likeness (QED) is 0.556. The van der Waals surface area contributed by atoms with E-state index >= 15 is 0 Å². The first kappa shape index (κ1) is 22.0. The number of carbonyl (C=O) groups excluding carboxylic acids is 3. The molecule has 0 spiro atoms. The van der Waals surface area contributed by atoms with Crippen LogP contribution in [0.15, 0.2) is 53.9 Å². The van der Waals surface area contributed by atoms with Crippen molar-refractivity contribution >= 4 is 45.6 Å². The second-order valence-electron chi connectivity index (χ2n) is 6.48.